The smallest absolute Gasteiger partial charge is 0.323 e. The second-order valence-corrected chi connectivity index (χ2v) is 12.5. The van der Waals surface area contributed by atoms with Crippen LogP contribution in [-0.4, -0.2) is 55.4 Å². The summed E-state index contributed by atoms with van der Waals surface area (Å²) in [5.41, 5.74) is 5.40. The van der Waals surface area contributed by atoms with Crippen molar-refractivity contribution in [2.75, 3.05) is 31.5 Å². The largest absolute Gasteiger partial charge is 0.461 e. The zero-order chi connectivity index (χ0) is 31.6. The van der Waals surface area contributed by atoms with E-state index < -0.39 is 5.91 Å². The summed E-state index contributed by atoms with van der Waals surface area (Å²) in [6.45, 7) is 11.7. The number of allylic oxidation sites excluding steroid dienone is 3. The van der Waals surface area contributed by atoms with Gasteiger partial charge in [0.2, 0.25) is 0 Å². The Bertz CT molecular complexity index is 1070. The van der Waals surface area contributed by atoms with Crippen LogP contribution >= 0.6 is 0 Å². The number of hydrogen-bond acceptors (Lipinski definition) is 7. The lowest BCUT2D eigenvalue weighted by molar-refractivity contribution is -0.153. The molecule has 2 saturated carbocycles. The summed E-state index contributed by atoms with van der Waals surface area (Å²) in [4.78, 5) is 24.6. The molecular weight excluding hydrogens is 552 g/mol. The van der Waals surface area contributed by atoms with Crippen LogP contribution in [0.4, 0.5) is 5.69 Å². The molecule has 8 heteroatoms. The normalized spacial score (nSPS) is 18.1. The van der Waals surface area contributed by atoms with E-state index in [4.69, 9.17) is 9.94 Å². The van der Waals surface area contributed by atoms with E-state index in [0.717, 1.165) is 70.3 Å². The molecule has 2 aliphatic carbocycles. The molecule has 8 nitrogen and oxygen atoms in total. The minimum atomic E-state index is -0.512. The highest BCUT2D eigenvalue weighted by molar-refractivity contribution is 5.93. The Hall–Kier alpha value is -2.94. The molecule has 0 bridgehead atoms. The van der Waals surface area contributed by atoms with Gasteiger partial charge in [0, 0.05) is 24.3 Å². The van der Waals surface area contributed by atoms with Gasteiger partial charge < -0.3 is 20.7 Å². The fourth-order valence-electron chi connectivity index (χ4n) is 6.20. The molecule has 0 aromatic heterocycles. The summed E-state index contributed by atoms with van der Waals surface area (Å²) in [7, 11) is 0. The Kier molecular flexibility index (Phi) is 16.3. The summed E-state index contributed by atoms with van der Waals surface area (Å²) in [5, 5.41) is 19.3. The van der Waals surface area contributed by atoms with Gasteiger partial charge >= 0.3 is 5.97 Å². The molecule has 3 rings (SSSR count). The Morgan fingerprint density at radius 1 is 1.02 bits per heavy atom. The number of hydrogen-bond donors (Lipinski definition) is 5. The van der Waals surface area contributed by atoms with Crippen molar-refractivity contribution >= 4 is 17.6 Å². The highest BCUT2D eigenvalue weighted by Gasteiger charge is 2.32. The van der Waals surface area contributed by atoms with Crippen LogP contribution in [0.1, 0.15) is 101 Å². The van der Waals surface area contributed by atoms with Crippen LogP contribution in [0.2, 0.25) is 0 Å². The number of esters is 1. The van der Waals surface area contributed by atoms with Gasteiger partial charge in [0.1, 0.15) is 12.1 Å². The number of carbonyl (C=O) groups excluding carboxylic acids is 2. The van der Waals surface area contributed by atoms with Gasteiger partial charge in [-0.15, -0.1) is 0 Å². The maximum absolute atomic E-state index is 13.1. The van der Waals surface area contributed by atoms with Crippen molar-refractivity contribution in [3.63, 3.8) is 0 Å². The summed E-state index contributed by atoms with van der Waals surface area (Å²) in [5.74, 6) is 0.369. The van der Waals surface area contributed by atoms with Crippen molar-refractivity contribution in [1.29, 1.82) is 0 Å². The molecule has 0 radical (unpaired) electrons. The summed E-state index contributed by atoms with van der Waals surface area (Å²) in [6.07, 6.45) is 19.6. The first-order valence-corrected chi connectivity index (χ1v) is 16.8. The molecule has 0 heterocycles. The predicted octanol–water partition coefficient (Wildman–Crippen LogP) is 6.70. The van der Waals surface area contributed by atoms with E-state index in [1.165, 1.54) is 43.3 Å². The van der Waals surface area contributed by atoms with Crippen LogP contribution in [0.15, 0.2) is 60.2 Å². The van der Waals surface area contributed by atoms with Crippen LogP contribution in [0.3, 0.4) is 0 Å². The molecule has 1 aromatic rings. The van der Waals surface area contributed by atoms with Gasteiger partial charge in [0.25, 0.3) is 5.91 Å². The first-order valence-electron chi connectivity index (χ1n) is 16.8. The molecule has 2 fully saturated rings. The Balaban J connectivity index is 1.38. The third kappa shape index (κ3) is 12.6. The van der Waals surface area contributed by atoms with E-state index >= 15 is 0 Å². The summed E-state index contributed by atoms with van der Waals surface area (Å²) in [6, 6.07) is 6.85. The first-order chi connectivity index (χ1) is 21.4. The first kappa shape index (κ1) is 35.5. The minimum absolute atomic E-state index is 0.0467. The lowest BCUT2D eigenvalue weighted by atomic mass is 9.83. The molecule has 1 aromatic carbocycles. The fourth-order valence-corrected chi connectivity index (χ4v) is 6.20. The van der Waals surface area contributed by atoms with Crippen molar-refractivity contribution in [3.8, 4) is 0 Å². The number of nitrogens with one attached hydrogen (secondary N) is 4. The van der Waals surface area contributed by atoms with Crippen molar-refractivity contribution in [2.24, 2.45) is 11.8 Å². The van der Waals surface area contributed by atoms with Crippen molar-refractivity contribution in [3.05, 3.63) is 65.8 Å². The van der Waals surface area contributed by atoms with E-state index in [-0.39, 0.29) is 18.1 Å². The molecule has 2 unspecified atom stereocenters. The number of carbonyl (C=O) groups is 2. The van der Waals surface area contributed by atoms with Crippen molar-refractivity contribution in [1.82, 2.24) is 16.1 Å². The SMILES string of the molecule is C=C/C(=C\C=C(/C)CNC(C(=O)OC1CCCC1)C1CCCCC1)CCNCC(CC)CCNc1ccc(C(=O)NO)cc1. The van der Waals surface area contributed by atoms with Crippen molar-refractivity contribution < 1.29 is 19.5 Å². The maximum atomic E-state index is 13.1. The van der Waals surface area contributed by atoms with Gasteiger partial charge in [0.15, 0.2) is 0 Å². The van der Waals surface area contributed by atoms with E-state index in [0.29, 0.717) is 23.9 Å². The predicted molar refractivity (Wildman–Crippen MR) is 179 cm³/mol. The average molecular weight is 609 g/mol. The Morgan fingerprint density at radius 2 is 1.73 bits per heavy atom. The van der Waals surface area contributed by atoms with E-state index in [2.05, 4.69) is 48.5 Å². The molecule has 44 heavy (non-hydrogen) atoms. The molecular formula is C36H56N4O4. The number of ether oxygens (including phenoxy) is 1. The van der Waals surface area contributed by atoms with Gasteiger partial charge in [-0.2, -0.15) is 0 Å². The molecule has 244 valence electrons. The van der Waals surface area contributed by atoms with Crippen LogP contribution in [0.5, 0.6) is 0 Å². The third-order valence-corrected chi connectivity index (χ3v) is 9.14. The topological polar surface area (TPSA) is 112 Å². The van der Waals surface area contributed by atoms with E-state index in [1.807, 2.05) is 18.2 Å². The molecule has 2 atom stereocenters. The molecule has 0 aliphatic heterocycles. The van der Waals surface area contributed by atoms with Crippen LogP contribution in [0.25, 0.3) is 0 Å². The monoisotopic (exact) mass is 608 g/mol. The number of anilines is 1. The third-order valence-electron chi connectivity index (χ3n) is 9.14. The maximum Gasteiger partial charge on any atom is 0.323 e. The van der Waals surface area contributed by atoms with Gasteiger partial charge in [-0.05, 0) is 113 Å². The summed E-state index contributed by atoms with van der Waals surface area (Å²) < 4.78 is 5.94. The Labute approximate surface area is 265 Å². The van der Waals surface area contributed by atoms with Gasteiger partial charge in [-0.25, -0.2) is 5.48 Å². The molecule has 2 aliphatic rings. The molecule has 5 N–H and O–H groups in total. The number of rotatable bonds is 19. The Morgan fingerprint density at radius 3 is 2.39 bits per heavy atom. The second-order valence-electron chi connectivity index (χ2n) is 12.5. The molecule has 1 amide bonds. The van der Waals surface area contributed by atoms with Crippen LogP contribution in [-0.2, 0) is 9.53 Å². The van der Waals surface area contributed by atoms with Gasteiger partial charge in [-0.3, -0.25) is 14.8 Å². The highest BCUT2D eigenvalue weighted by Crippen LogP contribution is 2.29. The van der Waals surface area contributed by atoms with Crippen molar-refractivity contribution in [2.45, 2.75) is 103 Å². The van der Waals surface area contributed by atoms with Gasteiger partial charge in [-0.1, -0.05) is 63.0 Å². The fraction of sp³-hybridized carbons (Fsp3) is 0.611. The standard InChI is InChI=1S/C36H56N4O4/c1-4-28(21-23-37-26-29(5-2)22-24-38-32-19-17-31(18-20-32)35(41)40-43)16-15-27(3)25-39-34(30-11-7-6-8-12-30)36(42)44-33-13-9-10-14-33/h4,15-20,29-30,33-34,37-39,43H,1,5-14,21-26H2,2-3H3,(H,40,41)/b27-15+,28-16+. The number of amides is 1. The lowest BCUT2D eigenvalue weighted by Crippen LogP contribution is -2.46. The zero-order valence-corrected chi connectivity index (χ0v) is 27.0. The average Bonchev–Trinajstić information content (AvgIpc) is 3.57. The summed E-state index contributed by atoms with van der Waals surface area (Å²) >= 11 is 0. The number of hydroxylamine groups is 1. The van der Waals surface area contributed by atoms with Gasteiger partial charge in [0.05, 0.1) is 0 Å². The zero-order valence-electron chi connectivity index (χ0n) is 27.0. The highest BCUT2D eigenvalue weighted by atomic mass is 16.5. The van der Waals surface area contributed by atoms with E-state index in [9.17, 15) is 9.59 Å². The van der Waals surface area contributed by atoms with E-state index in [1.54, 1.807) is 17.6 Å². The minimum Gasteiger partial charge on any atom is -0.461 e. The molecule has 0 spiro atoms. The van der Waals surface area contributed by atoms with Crippen LogP contribution in [0, 0.1) is 11.8 Å². The number of benzene rings is 1. The molecule has 0 saturated heterocycles. The van der Waals surface area contributed by atoms with Crippen LogP contribution < -0.4 is 21.4 Å². The quantitative estimate of drug-likeness (QED) is 0.0391. The lowest BCUT2D eigenvalue weighted by Gasteiger charge is -2.30. The second kappa shape index (κ2) is 20.2.